The number of oxazole rings is 1. The highest BCUT2D eigenvalue weighted by Gasteiger charge is 2.21. The van der Waals surface area contributed by atoms with Crippen molar-refractivity contribution >= 4 is 23.0 Å². The Bertz CT molecular complexity index is 632. The minimum atomic E-state index is -1.00. The molecule has 0 aliphatic heterocycles. The lowest BCUT2D eigenvalue weighted by molar-refractivity contribution is -0.146. The van der Waals surface area contributed by atoms with Crippen molar-refractivity contribution in [2.75, 3.05) is 6.54 Å². The molecule has 6 heteroatoms. The second-order valence-electron chi connectivity index (χ2n) is 5.25. The standard InChI is InChI=1S/C16H20N2O4/c1-3-11(2)18(10-16(20)21)15(19)9-8-14-17-12-6-4-5-7-13(12)22-14/h4-7,11H,3,8-10H2,1-2H3,(H,20,21). The van der Waals surface area contributed by atoms with Crippen LogP contribution >= 0.6 is 0 Å². The minimum absolute atomic E-state index is 0.104. The molecule has 1 aromatic heterocycles. The van der Waals surface area contributed by atoms with Crippen molar-refractivity contribution in [3.63, 3.8) is 0 Å². The van der Waals surface area contributed by atoms with Crippen LogP contribution in [-0.4, -0.2) is 39.5 Å². The number of carboxylic acids is 1. The molecule has 2 rings (SSSR count). The predicted molar refractivity (Wildman–Crippen MR) is 81.4 cm³/mol. The number of aryl methyl sites for hydroxylation is 1. The monoisotopic (exact) mass is 304 g/mol. The van der Waals surface area contributed by atoms with Gasteiger partial charge in [0.1, 0.15) is 12.1 Å². The number of carboxylic acid groups (broad SMARTS) is 1. The number of aliphatic carboxylic acids is 1. The van der Waals surface area contributed by atoms with Gasteiger partial charge in [-0.1, -0.05) is 19.1 Å². The van der Waals surface area contributed by atoms with E-state index in [9.17, 15) is 9.59 Å². The van der Waals surface area contributed by atoms with E-state index in [4.69, 9.17) is 9.52 Å². The zero-order chi connectivity index (χ0) is 16.1. The molecular formula is C16H20N2O4. The van der Waals surface area contributed by atoms with Crippen molar-refractivity contribution in [2.45, 2.75) is 39.2 Å². The van der Waals surface area contributed by atoms with Crippen LogP contribution < -0.4 is 0 Å². The highest BCUT2D eigenvalue weighted by molar-refractivity contribution is 5.81. The van der Waals surface area contributed by atoms with Gasteiger partial charge in [-0.15, -0.1) is 0 Å². The molecule has 1 aromatic carbocycles. The fraction of sp³-hybridized carbons (Fsp3) is 0.438. The molecule has 2 aromatic rings. The zero-order valence-corrected chi connectivity index (χ0v) is 12.8. The van der Waals surface area contributed by atoms with E-state index >= 15 is 0 Å². The number of benzene rings is 1. The van der Waals surface area contributed by atoms with E-state index in [0.29, 0.717) is 24.3 Å². The van der Waals surface area contributed by atoms with Gasteiger partial charge in [0.25, 0.3) is 0 Å². The van der Waals surface area contributed by atoms with Crippen molar-refractivity contribution in [3.05, 3.63) is 30.2 Å². The number of carbonyl (C=O) groups excluding carboxylic acids is 1. The molecule has 0 aliphatic rings. The molecule has 0 saturated heterocycles. The molecule has 1 heterocycles. The summed E-state index contributed by atoms with van der Waals surface area (Å²) in [5, 5.41) is 8.93. The van der Waals surface area contributed by atoms with Crippen LogP contribution in [0.5, 0.6) is 0 Å². The summed E-state index contributed by atoms with van der Waals surface area (Å²) in [5.74, 6) is -0.705. The molecule has 1 amide bonds. The maximum absolute atomic E-state index is 12.3. The molecule has 6 nitrogen and oxygen atoms in total. The van der Waals surface area contributed by atoms with Crippen molar-refractivity contribution in [1.82, 2.24) is 9.88 Å². The number of para-hydroxylation sites is 2. The first-order chi connectivity index (χ1) is 10.5. The molecule has 0 fully saturated rings. The Kier molecular flexibility index (Phi) is 5.14. The van der Waals surface area contributed by atoms with Crippen LogP contribution in [0.4, 0.5) is 0 Å². The fourth-order valence-corrected chi connectivity index (χ4v) is 2.24. The minimum Gasteiger partial charge on any atom is -0.480 e. The number of hydrogen-bond donors (Lipinski definition) is 1. The lowest BCUT2D eigenvalue weighted by atomic mass is 10.2. The second kappa shape index (κ2) is 7.06. The Morgan fingerprint density at radius 2 is 2.09 bits per heavy atom. The van der Waals surface area contributed by atoms with Gasteiger partial charge in [0.15, 0.2) is 11.5 Å². The van der Waals surface area contributed by atoms with E-state index in [1.165, 1.54) is 4.90 Å². The molecule has 22 heavy (non-hydrogen) atoms. The Morgan fingerprint density at radius 3 is 2.73 bits per heavy atom. The molecular weight excluding hydrogens is 284 g/mol. The lowest BCUT2D eigenvalue weighted by Crippen LogP contribution is -2.41. The molecule has 0 radical (unpaired) electrons. The summed E-state index contributed by atoms with van der Waals surface area (Å²) >= 11 is 0. The van der Waals surface area contributed by atoms with Gasteiger partial charge in [-0.05, 0) is 25.5 Å². The molecule has 0 spiro atoms. The zero-order valence-electron chi connectivity index (χ0n) is 12.8. The Balaban J connectivity index is 2.01. The summed E-state index contributed by atoms with van der Waals surface area (Å²) in [5.41, 5.74) is 1.45. The summed E-state index contributed by atoms with van der Waals surface area (Å²) in [6.45, 7) is 3.50. The lowest BCUT2D eigenvalue weighted by Gasteiger charge is -2.26. The first-order valence-electron chi connectivity index (χ1n) is 7.37. The van der Waals surface area contributed by atoms with Crippen molar-refractivity contribution in [1.29, 1.82) is 0 Å². The first kappa shape index (κ1) is 16.0. The highest BCUT2D eigenvalue weighted by atomic mass is 16.4. The van der Waals surface area contributed by atoms with Crippen molar-refractivity contribution in [3.8, 4) is 0 Å². The topological polar surface area (TPSA) is 83.6 Å². The largest absolute Gasteiger partial charge is 0.480 e. The number of hydrogen-bond acceptors (Lipinski definition) is 4. The first-order valence-corrected chi connectivity index (χ1v) is 7.37. The van der Waals surface area contributed by atoms with Gasteiger partial charge in [0, 0.05) is 18.9 Å². The SMILES string of the molecule is CCC(C)N(CC(=O)O)C(=O)CCc1nc2ccccc2o1. The normalized spacial score (nSPS) is 12.3. The van der Waals surface area contributed by atoms with Gasteiger partial charge in [0.2, 0.25) is 5.91 Å². The molecule has 1 N–H and O–H groups in total. The second-order valence-corrected chi connectivity index (χ2v) is 5.25. The Labute approximate surface area is 128 Å². The number of amides is 1. The van der Waals surface area contributed by atoms with Crippen molar-refractivity contribution in [2.24, 2.45) is 0 Å². The average Bonchev–Trinajstić information content (AvgIpc) is 2.92. The number of fused-ring (bicyclic) bond motifs is 1. The van der Waals surface area contributed by atoms with E-state index in [2.05, 4.69) is 4.98 Å². The van der Waals surface area contributed by atoms with Crippen LogP contribution in [0.1, 0.15) is 32.6 Å². The van der Waals surface area contributed by atoms with Crippen LogP contribution in [0, 0.1) is 0 Å². The Hall–Kier alpha value is -2.37. The van der Waals surface area contributed by atoms with E-state index < -0.39 is 5.97 Å². The van der Waals surface area contributed by atoms with Gasteiger partial charge < -0.3 is 14.4 Å². The quantitative estimate of drug-likeness (QED) is 0.849. The maximum Gasteiger partial charge on any atom is 0.323 e. The third-order valence-electron chi connectivity index (χ3n) is 3.64. The Morgan fingerprint density at radius 1 is 1.36 bits per heavy atom. The maximum atomic E-state index is 12.3. The van der Waals surface area contributed by atoms with Gasteiger partial charge in [-0.2, -0.15) is 0 Å². The molecule has 0 bridgehead atoms. The smallest absolute Gasteiger partial charge is 0.323 e. The molecule has 1 unspecified atom stereocenters. The third-order valence-corrected chi connectivity index (χ3v) is 3.64. The van der Waals surface area contributed by atoms with Gasteiger partial charge in [-0.25, -0.2) is 4.98 Å². The van der Waals surface area contributed by atoms with E-state index in [0.717, 1.165) is 5.52 Å². The highest BCUT2D eigenvalue weighted by Crippen LogP contribution is 2.16. The van der Waals surface area contributed by atoms with Crippen LogP contribution in [0.15, 0.2) is 28.7 Å². The summed E-state index contributed by atoms with van der Waals surface area (Å²) < 4.78 is 5.57. The third kappa shape index (κ3) is 3.84. The number of rotatable bonds is 7. The van der Waals surface area contributed by atoms with E-state index in [1.54, 1.807) is 0 Å². The summed E-state index contributed by atoms with van der Waals surface area (Å²) in [4.78, 5) is 28.9. The fourth-order valence-electron chi connectivity index (χ4n) is 2.24. The summed E-state index contributed by atoms with van der Waals surface area (Å²) in [6, 6.07) is 7.30. The van der Waals surface area contributed by atoms with Crippen LogP contribution in [-0.2, 0) is 16.0 Å². The molecule has 0 aliphatic carbocycles. The molecule has 0 saturated carbocycles. The van der Waals surface area contributed by atoms with E-state index in [1.807, 2.05) is 38.1 Å². The van der Waals surface area contributed by atoms with Gasteiger partial charge >= 0.3 is 5.97 Å². The van der Waals surface area contributed by atoms with Crippen LogP contribution in [0.3, 0.4) is 0 Å². The number of nitrogens with zero attached hydrogens (tertiary/aromatic N) is 2. The van der Waals surface area contributed by atoms with Crippen molar-refractivity contribution < 1.29 is 19.1 Å². The van der Waals surface area contributed by atoms with Gasteiger partial charge in [0.05, 0.1) is 0 Å². The number of aromatic nitrogens is 1. The molecule has 118 valence electrons. The summed E-state index contributed by atoms with van der Waals surface area (Å²) in [7, 11) is 0. The average molecular weight is 304 g/mol. The number of carbonyl (C=O) groups is 2. The van der Waals surface area contributed by atoms with Gasteiger partial charge in [-0.3, -0.25) is 9.59 Å². The summed E-state index contributed by atoms with van der Waals surface area (Å²) in [6.07, 6.45) is 1.26. The van der Waals surface area contributed by atoms with E-state index in [-0.39, 0.29) is 24.9 Å². The van der Waals surface area contributed by atoms with Crippen LogP contribution in [0.2, 0.25) is 0 Å². The molecule has 1 atom stereocenters. The predicted octanol–water partition coefficient (Wildman–Crippen LogP) is 2.47. The van der Waals surface area contributed by atoms with Crippen LogP contribution in [0.25, 0.3) is 11.1 Å².